The molecule has 4 heteroatoms. The van der Waals surface area contributed by atoms with Crippen LogP contribution in [0.4, 0.5) is 5.69 Å². The summed E-state index contributed by atoms with van der Waals surface area (Å²) < 4.78 is 5.95. The van der Waals surface area contributed by atoms with Crippen molar-refractivity contribution in [2.75, 3.05) is 12.8 Å². The molecule has 2 aromatic carbocycles. The SMILES string of the molecule is COc1cccc(CC(=O)c2cc(N)cc(Br)c2)c1. The lowest BCUT2D eigenvalue weighted by Crippen LogP contribution is -2.04. The van der Waals surface area contributed by atoms with E-state index in [1.807, 2.05) is 24.3 Å². The number of nitrogens with two attached hydrogens (primary N) is 1. The summed E-state index contributed by atoms with van der Waals surface area (Å²) >= 11 is 3.34. The van der Waals surface area contributed by atoms with Crippen LogP contribution < -0.4 is 10.5 Å². The van der Waals surface area contributed by atoms with Crippen LogP contribution in [0.1, 0.15) is 15.9 Å². The number of halogens is 1. The molecule has 3 nitrogen and oxygen atoms in total. The molecule has 0 aromatic heterocycles. The first kappa shape index (κ1) is 13.6. The number of carbonyl (C=O) groups is 1. The summed E-state index contributed by atoms with van der Waals surface area (Å²) in [6.45, 7) is 0. The molecule has 2 rings (SSSR count). The van der Waals surface area contributed by atoms with E-state index in [0.29, 0.717) is 17.7 Å². The number of Topliss-reactive ketones (excluding diaryl/α,β-unsaturated/α-hetero) is 1. The van der Waals surface area contributed by atoms with Crippen molar-refractivity contribution in [2.45, 2.75) is 6.42 Å². The third kappa shape index (κ3) is 3.58. The van der Waals surface area contributed by atoms with Gasteiger partial charge in [-0.25, -0.2) is 0 Å². The molecule has 0 unspecified atom stereocenters. The Bertz CT molecular complexity index is 591. The molecule has 0 saturated heterocycles. The molecule has 0 bridgehead atoms. The second kappa shape index (κ2) is 5.89. The van der Waals surface area contributed by atoms with Crippen molar-refractivity contribution in [3.05, 3.63) is 58.1 Å². The molecular formula is C15H14BrNO2. The lowest BCUT2D eigenvalue weighted by atomic mass is 10.0. The van der Waals surface area contributed by atoms with Crippen LogP contribution in [-0.2, 0) is 6.42 Å². The van der Waals surface area contributed by atoms with Crippen molar-refractivity contribution < 1.29 is 9.53 Å². The number of hydrogen-bond acceptors (Lipinski definition) is 3. The fraction of sp³-hybridized carbons (Fsp3) is 0.133. The molecule has 0 heterocycles. The second-order valence-corrected chi connectivity index (χ2v) is 5.14. The largest absolute Gasteiger partial charge is 0.497 e. The van der Waals surface area contributed by atoms with Crippen LogP contribution in [0, 0.1) is 0 Å². The summed E-state index contributed by atoms with van der Waals surface area (Å²) in [6, 6.07) is 12.7. The topological polar surface area (TPSA) is 52.3 Å². The van der Waals surface area contributed by atoms with Crippen molar-refractivity contribution in [1.82, 2.24) is 0 Å². The molecule has 0 amide bonds. The Kier molecular flexibility index (Phi) is 4.22. The number of hydrogen-bond donors (Lipinski definition) is 1. The molecule has 19 heavy (non-hydrogen) atoms. The maximum Gasteiger partial charge on any atom is 0.167 e. The highest BCUT2D eigenvalue weighted by atomic mass is 79.9. The van der Waals surface area contributed by atoms with Gasteiger partial charge in [0.2, 0.25) is 0 Å². The molecular weight excluding hydrogens is 306 g/mol. The molecule has 0 spiro atoms. The van der Waals surface area contributed by atoms with Gasteiger partial charge in [-0.3, -0.25) is 4.79 Å². The Labute approximate surface area is 120 Å². The normalized spacial score (nSPS) is 10.2. The molecule has 0 aliphatic carbocycles. The van der Waals surface area contributed by atoms with Gasteiger partial charge in [0, 0.05) is 22.1 Å². The van der Waals surface area contributed by atoms with Crippen LogP contribution >= 0.6 is 15.9 Å². The van der Waals surface area contributed by atoms with Gasteiger partial charge in [0.15, 0.2) is 5.78 Å². The highest BCUT2D eigenvalue weighted by molar-refractivity contribution is 9.10. The fourth-order valence-corrected chi connectivity index (χ4v) is 2.35. The minimum absolute atomic E-state index is 0.0289. The zero-order chi connectivity index (χ0) is 13.8. The third-order valence-corrected chi connectivity index (χ3v) is 3.20. The van der Waals surface area contributed by atoms with Gasteiger partial charge in [0.05, 0.1) is 7.11 Å². The van der Waals surface area contributed by atoms with Crippen LogP contribution in [0.15, 0.2) is 46.9 Å². The van der Waals surface area contributed by atoms with E-state index in [4.69, 9.17) is 10.5 Å². The average molecular weight is 320 g/mol. The second-order valence-electron chi connectivity index (χ2n) is 4.22. The Morgan fingerprint density at radius 1 is 1.26 bits per heavy atom. The summed E-state index contributed by atoms with van der Waals surface area (Å²) in [5.41, 5.74) is 7.83. The van der Waals surface area contributed by atoms with Gasteiger partial charge in [-0.15, -0.1) is 0 Å². The highest BCUT2D eigenvalue weighted by Crippen LogP contribution is 2.20. The van der Waals surface area contributed by atoms with Crippen LogP contribution in [0.3, 0.4) is 0 Å². The fourth-order valence-electron chi connectivity index (χ4n) is 1.84. The van der Waals surface area contributed by atoms with Crippen LogP contribution in [-0.4, -0.2) is 12.9 Å². The van der Waals surface area contributed by atoms with Crippen molar-refractivity contribution in [3.8, 4) is 5.75 Å². The highest BCUT2D eigenvalue weighted by Gasteiger charge is 2.09. The lowest BCUT2D eigenvalue weighted by Gasteiger charge is -2.05. The number of ether oxygens (including phenoxy) is 1. The van der Waals surface area contributed by atoms with Gasteiger partial charge in [0.1, 0.15) is 5.75 Å². The Morgan fingerprint density at radius 2 is 2.05 bits per heavy atom. The predicted octanol–water partition coefficient (Wildman–Crippen LogP) is 3.47. The minimum atomic E-state index is 0.0289. The summed E-state index contributed by atoms with van der Waals surface area (Å²) in [5, 5.41) is 0. The summed E-state index contributed by atoms with van der Waals surface area (Å²) in [4.78, 5) is 12.2. The third-order valence-electron chi connectivity index (χ3n) is 2.74. The lowest BCUT2D eigenvalue weighted by molar-refractivity contribution is 0.0993. The summed E-state index contributed by atoms with van der Waals surface area (Å²) in [6.07, 6.45) is 0.326. The van der Waals surface area contributed by atoms with Crippen LogP contribution in [0.5, 0.6) is 5.75 Å². The van der Waals surface area contributed by atoms with Gasteiger partial charge in [-0.05, 0) is 35.9 Å². The van der Waals surface area contributed by atoms with E-state index in [2.05, 4.69) is 15.9 Å². The van der Waals surface area contributed by atoms with Crippen molar-refractivity contribution in [3.63, 3.8) is 0 Å². The van der Waals surface area contributed by atoms with Gasteiger partial charge in [-0.1, -0.05) is 28.1 Å². The Hall–Kier alpha value is -1.81. The van der Waals surface area contributed by atoms with Crippen molar-refractivity contribution in [2.24, 2.45) is 0 Å². The Balaban J connectivity index is 2.20. The van der Waals surface area contributed by atoms with Gasteiger partial charge < -0.3 is 10.5 Å². The zero-order valence-electron chi connectivity index (χ0n) is 10.5. The summed E-state index contributed by atoms with van der Waals surface area (Å²) in [5.74, 6) is 0.778. The number of carbonyl (C=O) groups excluding carboxylic acids is 1. The number of benzene rings is 2. The number of ketones is 1. The smallest absolute Gasteiger partial charge is 0.167 e. The first-order valence-electron chi connectivity index (χ1n) is 5.80. The van der Waals surface area contributed by atoms with Gasteiger partial charge >= 0.3 is 0 Å². The first-order valence-corrected chi connectivity index (χ1v) is 6.60. The maximum atomic E-state index is 12.2. The van der Waals surface area contributed by atoms with Crippen molar-refractivity contribution in [1.29, 1.82) is 0 Å². The summed E-state index contributed by atoms with van der Waals surface area (Å²) in [7, 11) is 1.61. The molecule has 0 atom stereocenters. The molecule has 98 valence electrons. The standard InChI is InChI=1S/C15H14BrNO2/c1-19-14-4-2-3-10(5-14)6-15(18)11-7-12(16)9-13(17)8-11/h2-5,7-9H,6,17H2,1H3. The van der Waals surface area contributed by atoms with E-state index in [9.17, 15) is 4.79 Å². The van der Waals surface area contributed by atoms with Gasteiger partial charge in [0.25, 0.3) is 0 Å². The Morgan fingerprint density at radius 3 is 2.74 bits per heavy atom. The van der Waals surface area contributed by atoms with E-state index < -0.39 is 0 Å². The van der Waals surface area contributed by atoms with Crippen molar-refractivity contribution >= 4 is 27.4 Å². The van der Waals surface area contributed by atoms with E-state index in [1.165, 1.54) is 0 Å². The van der Waals surface area contributed by atoms with E-state index in [-0.39, 0.29) is 5.78 Å². The van der Waals surface area contributed by atoms with Gasteiger partial charge in [-0.2, -0.15) is 0 Å². The molecule has 2 N–H and O–H groups in total. The number of rotatable bonds is 4. The molecule has 0 aliphatic heterocycles. The molecule has 0 aliphatic rings. The van der Waals surface area contributed by atoms with Crippen LogP contribution in [0.25, 0.3) is 0 Å². The average Bonchev–Trinajstić information content (AvgIpc) is 2.37. The molecule has 2 aromatic rings. The first-order chi connectivity index (χ1) is 9.08. The number of nitrogen functional groups attached to an aromatic ring is 1. The number of anilines is 1. The number of methoxy groups -OCH3 is 1. The molecule has 0 fully saturated rings. The van der Waals surface area contributed by atoms with Crippen LogP contribution in [0.2, 0.25) is 0 Å². The maximum absolute atomic E-state index is 12.2. The minimum Gasteiger partial charge on any atom is -0.497 e. The van der Waals surface area contributed by atoms with E-state index >= 15 is 0 Å². The molecule has 0 saturated carbocycles. The van der Waals surface area contributed by atoms with E-state index in [0.717, 1.165) is 15.8 Å². The van der Waals surface area contributed by atoms with E-state index in [1.54, 1.807) is 25.3 Å². The predicted molar refractivity (Wildman–Crippen MR) is 79.6 cm³/mol. The zero-order valence-corrected chi connectivity index (χ0v) is 12.1. The quantitative estimate of drug-likeness (QED) is 0.693. The molecule has 0 radical (unpaired) electrons. The monoisotopic (exact) mass is 319 g/mol.